The molecule has 2 aromatic rings. The van der Waals surface area contributed by atoms with E-state index in [9.17, 15) is 4.79 Å². The van der Waals surface area contributed by atoms with Crippen LogP contribution in [0.5, 0.6) is 0 Å². The number of carbonyl (C=O) groups excluding carboxylic acids is 1. The van der Waals surface area contributed by atoms with Crippen molar-refractivity contribution >= 4 is 39.5 Å². The number of hydrogen-bond donors (Lipinski definition) is 4. The maximum Gasteiger partial charge on any atom is 0.370 e. The summed E-state index contributed by atoms with van der Waals surface area (Å²) in [5.41, 5.74) is 7.37. The van der Waals surface area contributed by atoms with Crippen LogP contribution in [-0.2, 0) is 9.53 Å². The number of esters is 1. The number of nitrogens with zero attached hydrogens (tertiary/aromatic N) is 1. The number of para-hydroxylation sites is 2. The van der Waals surface area contributed by atoms with Crippen molar-refractivity contribution in [3.05, 3.63) is 40.8 Å². The first-order chi connectivity index (χ1) is 13.5. The average Bonchev–Trinajstić information content (AvgIpc) is 2.99. The Morgan fingerprint density at radius 1 is 1.29 bits per heavy atom. The van der Waals surface area contributed by atoms with Crippen molar-refractivity contribution in [3.8, 4) is 0 Å². The van der Waals surface area contributed by atoms with Gasteiger partial charge in [-0.05, 0) is 25.1 Å². The van der Waals surface area contributed by atoms with Gasteiger partial charge in [0.25, 0.3) is 5.84 Å². The Bertz CT molecular complexity index is 913. The molecule has 0 saturated carbocycles. The molecule has 3 heterocycles. The minimum absolute atomic E-state index is 0.226. The summed E-state index contributed by atoms with van der Waals surface area (Å²) in [5.74, 6) is 0.936. The summed E-state index contributed by atoms with van der Waals surface area (Å²) < 4.78 is 7.24. The Morgan fingerprint density at radius 3 is 2.64 bits per heavy atom. The fourth-order valence-electron chi connectivity index (χ4n) is 3.90. The number of benzene rings is 1. The zero-order valence-corrected chi connectivity index (χ0v) is 17.2. The van der Waals surface area contributed by atoms with Gasteiger partial charge in [-0.1, -0.05) is 12.1 Å². The van der Waals surface area contributed by atoms with E-state index in [0.717, 1.165) is 49.9 Å². The minimum atomic E-state index is -0.308. The van der Waals surface area contributed by atoms with Crippen LogP contribution in [0.2, 0.25) is 0 Å². The van der Waals surface area contributed by atoms with E-state index in [2.05, 4.69) is 58.2 Å². The summed E-state index contributed by atoms with van der Waals surface area (Å²) >= 11 is 1.79. The monoisotopic (exact) mass is 402 g/mol. The van der Waals surface area contributed by atoms with Crippen LogP contribution in [0.25, 0.3) is 0 Å². The van der Waals surface area contributed by atoms with Gasteiger partial charge in [0.15, 0.2) is 0 Å². The van der Waals surface area contributed by atoms with Gasteiger partial charge in [-0.25, -0.2) is 14.7 Å². The van der Waals surface area contributed by atoms with Crippen molar-refractivity contribution in [2.45, 2.75) is 13.0 Å². The smallest absolute Gasteiger partial charge is 0.370 e. The van der Waals surface area contributed by atoms with Gasteiger partial charge in [-0.2, -0.15) is 0 Å². The van der Waals surface area contributed by atoms with E-state index >= 15 is 0 Å². The van der Waals surface area contributed by atoms with E-state index in [4.69, 9.17) is 4.74 Å². The number of quaternary nitrogens is 2. The number of ether oxygens (including phenoxy) is 1. The molecule has 7 nitrogen and oxygen atoms in total. The summed E-state index contributed by atoms with van der Waals surface area (Å²) in [7, 11) is 1.43. The summed E-state index contributed by atoms with van der Waals surface area (Å²) in [6.07, 6.45) is 0. The fourth-order valence-corrected chi connectivity index (χ4v) is 4.83. The maximum atomic E-state index is 11.7. The van der Waals surface area contributed by atoms with Crippen molar-refractivity contribution in [3.63, 3.8) is 0 Å². The number of thiophene rings is 1. The van der Waals surface area contributed by atoms with E-state index in [1.165, 1.54) is 27.5 Å². The lowest BCUT2D eigenvalue weighted by molar-refractivity contribution is -0.938. The van der Waals surface area contributed by atoms with E-state index in [1.807, 2.05) is 0 Å². The lowest BCUT2D eigenvalue weighted by Gasteiger charge is -2.26. The molecule has 1 fully saturated rings. The number of anilines is 3. The predicted molar refractivity (Wildman–Crippen MR) is 111 cm³/mol. The molecule has 148 valence electrons. The Kier molecular flexibility index (Phi) is 5.34. The Labute approximate surface area is 168 Å². The molecular weight excluding hydrogens is 374 g/mol. The van der Waals surface area contributed by atoms with E-state index in [0.29, 0.717) is 0 Å². The third kappa shape index (κ3) is 3.76. The van der Waals surface area contributed by atoms with Gasteiger partial charge < -0.3 is 20.7 Å². The van der Waals surface area contributed by atoms with Crippen LogP contribution in [-0.4, -0.2) is 62.3 Å². The van der Waals surface area contributed by atoms with Crippen LogP contribution in [0.15, 0.2) is 30.3 Å². The van der Waals surface area contributed by atoms with Crippen LogP contribution >= 0.6 is 11.3 Å². The number of nitrogens with one attached hydrogen (secondary N) is 3. The zero-order chi connectivity index (χ0) is 19.7. The molecule has 1 aromatic carbocycles. The highest BCUT2D eigenvalue weighted by Crippen LogP contribution is 2.37. The molecule has 2 aliphatic heterocycles. The van der Waals surface area contributed by atoms with Crippen LogP contribution in [0.3, 0.4) is 0 Å². The zero-order valence-electron chi connectivity index (χ0n) is 16.4. The first-order valence-corrected chi connectivity index (χ1v) is 10.5. The van der Waals surface area contributed by atoms with Crippen LogP contribution in [0.1, 0.15) is 10.4 Å². The molecule has 6 N–H and O–H groups in total. The molecule has 2 aliphatic rings. The van der Waals surface area contributed by atoms with Crippen LogP contribution in [0, 0.1) is 6.92 Å². The summed E-state index contributed by atoms with van der Waals surface area (Å²) in [6.45, 7) is 6.68. The number of carbonyl (C=O) groups is 1. The lowest BCUT2D eigenvalue weighted by atomic mass is 10.2. The topological polar surface area (TPSA) is 85.4 Å². The van der Waals surface area contributed by atoms with Crippen molar-refractivity contribution < 1.29 is 24.7 Å². The third-order valence-electron chi connectivity index (χ3n) is 5.40. The second-order valence-electron chi connectivity index (χ2n) is 7.41. The highest BCUT2D eigenvalue weighted by molar-refractivity contribution is 7.16. The molecule has 0 amide bonds. The average molecular weight is 403 g/mol. The van der Waals surface area contributed by atoms with E-state index in [1.54, 1.807) is 11.3 Å². The van der Waals surface area contributed by atoms with Gasteiger partial charge >= 0.3 is 5.97 Å². The van der Waals surface area contributed by atoms with Crippen molar-refractivity contribution in [2.24, 2.45) is 0 Å². The molecule has 8 heteroatoms. The molecule has 0 bridgehead atoms. The summed E-state index contributed by atoms with van der Waals surface area (Å²) in [4.78, 5) is 14.4. The van der Waals surface area contributed by atoms with E-state index in [-0.39, 0.29) is 12.0 Å². The van der Waals surface area contributed by atoms with Crippen LogP contribution < -0.4 is 21.3 Å². The Morgan fingerprint density at radius 2 is 1.96 bits per heavy atom. The maximum absolute atomic E-state index is 11.7. The number of fused-ring (bicyclic) bond motifs is 2. The molecule has 4 rings (SSSR count). The summed E-state index contributed by atoms with van der Waals surface area (Å²) in [6, 6.07) is 10.3. The molecule has 1 unspecified atom stereocenters. The number of methoxy groups -OCH3 is 1. The van der Waals surface area contributed by atoms with Gasteiger partial charge in [0.05, 0.1) is 18.4 Å². The predicted octanol–water partition coefficient (Wildman–Crippen LogP) is -0.333. The molecular formula is C20H28N5O2S+3. The van der Waals surface area contributed by atoms with Crippen molar-refractivity contribution in [1.82, 2.24) is 0 Å². The molecule has 1 saturated heterocycles. The standard InChI is InChI=1S/C20H25N5O2S/c1-13-11-14-18(22-16-5-3-4-6-17(16)23-19(14)28-13)25-9-7-24(8-10-25)12-15(21)20(26)27-2/h3-6,11,15H,7-10,12,21H2,1-2H3,(H,22,23)/p+3. The number of amidine groups is 1. The summed E-state index contributed by atoms with van der Waals surface area (Å²) in [5, 5.41) is 8.45. The molecule has 1 atom stereocenters. The highest BCUT2D eigenvalue weighted by Gasteiger charge is 2.32. The van der Waals surface area contributed by atoms with Crippen molar-refractivity contribution in [2.75, 3.05) is 50.5 Å². The van der Waals surface area contributed by atoms with Gasteiger partial charge in [-0.15, -0.1) is 11.3 Å². The Hall–Kier alpha value is -2.42. The first-order valence-electron chi connectivity index (χ1n) is 9.65. The van der Waals surface area contributed by atoms with Gasteiger partial charge in [0.2, 0.25) is 6.04 Å². The van der Waals surface area contributed by atoms with Gasteiger partial charge in [0.1, 0.15) is 43.4 Å². The number of hydrogen-bond acceptors (Lipinski definition) is 4. The second kappa shape index (κ2) is 7.90. The molecule has 28 heavy (non-hydrogen) atoms. The molecule has 0 aliphatic carbocycles. The number of aryl methyl sites for hydroxylation is 1. The van der Waals surface area contributed by atoms with Crippen molar-refractivity contribution in [1.29, 1.82) is 0 Å². The minimum Gasteiger partial charge on any atom is -0.464 e. The number of piperazine rings is 1. The lowest BCUT2D eigenvalue weighted by Crippen LogP contribution is -3.17. The van der Waals surface area contributed by atoms with E-state index < -0.39 is 0 Å². The normalized spacial score (nSPS) is 19.6. The largest absolute Gasteiger partial charge is 0.464 e. The third-order valence-corrected chi connectivity index (χ3v) is 6.36. The van der Waals surface area contributed by atoms with Gasteiger partial charge in [-0.3, -0.25) is 0 Å². The quantitative estimate of drug-likeness (QED) is 0.418. The number of rotatable bonds is 3. The molecule has 0 radical (unpaired) electrons. The highest BCUT2D eigenvalue weighted by atomic mass is 32.1. The SMILES string of the molecule is COC(=O)C([NH3+])C[NH+]1CC[N+](=C2Nc3ccccc3Nc3sc(C)cc32)CC1. The second-order valence-corrected chi connectivity index (χ2v) is 8.66. The molecule has 1 aromatic heterocycles. The molecule has 0 spiro atoms. The first kappa shape index (κ1) is 18.9. The Balaban J connectivity index is 1.58. The van der Waals surface area contributed by atoms with Crippen LogP contribution in [0.4, 0.5) is 16.4 Å². The van der Waals surface area contributed by atoms with Gasteiger partial charge in [0, 0.05) is 4.88 Å². The fraction of sp³-hybridized carbons (Fsp3) is 0.400.